The molecule has 2 nitrogen and oxygen atoms in total. The average Bonchev–Trinajstić information content (AvgIpc) is 2.74. The predicted octanol–water partition coefficient (Wildman–Crippen LogP) is 2.97. The number of likely N-dealkylation sites (tertiary alicyclic amines) is 1. The maximum absolute atomic E-state index is 3.50. The summed E-state index contributed by atoms with van der Waals surface area (Å²) >= 11 is 0. The summed E-state index contributed by atoms with van der Waals surface area (Å²) in [4.78, 5) is 2.61. The summed E-state index contributed by atoms with van der Waals surface area (Å²) in [5, 5.41) is 3.50. The molecule has 1 N–H and O–H groups in total. The summed E-state index contributed by atoms with van der Waals surface area (Å²) in [6.07, 6.45) is 2.71. The van der Waals surface area contributed by atoms with Crippen LogP contribution >= 0.6 is 0 Å². The van der Waals surface area contributed by atoms with Crippen LogP contribution in [0.1, 0.15) is 26.7 Å². The molecule has 1 aromatic rings. The van der Waals surface area contributed by atoms with Gasteiger partial charge >= 0.3 is 0 Å². The van der Waals surface area contributed by atoms with Gasteiger partial charge in [-0.05, 0) is 45.4 Å². The molecule has 1 aromatic carbocycles. The maximum Gasteiger partial charge on any atom is 0.0340 e. The van der Waals surface area contributed by atoms with Crippen molar-refractivity contribution in [2.75, 3.05) is 18.4 Å². The third-order valence-corrected chi connectivity index (χ3v) is 3.55. The lowest BCUT2D eigenvalue weighted by atomic mass is 10.2. The molecule has 2 unspecified atom stereocenters. The second-order valence-corrected chi connectivity index (χ2v) is 4.83. The van der Waals surface area contributed by atoms with E-state index in [1.165, 1.54) is 25.1 Å². The Morgan fingerprint density at radius 3 is 2.75 bits per heavy atom. The number of nitrogens with zero attached hydrogens (tertiary/aromatic N) is 1. The molecule has 1 heterocycles. The van der Waals surface area contributed by atoms with Gasteiger partial charge in [0, 0.05) is 24.3 Å². The summed E-state index contributed by atoms with van der Waals surface area (Å²) in [7, 11) is 0. The Hall–Kier alpha value is -1.02. The lowest BCUT2D eigenvalue weighted by Gasteiger charge is -2.28. The van der Waals surface area contributed by atoms with Crippen molar-refractivity contribution in [2.24, 2.45) is 0 Å². The van der Waals surface area contributed by atoms with Gasteiger partial charge in [0.1, 0.15) is 0 Å². The molecule has 88 valence electrons. The zero-order valence-corrected chi connectivity index (χ0v) is 10.3. The summed E-state index contributed by atoms with van der Waals surface area (Å²) in [6, 6.07) is 11.8. The van der Waals surface area contributed by atoms with E-state index in [-0.39, 0.29) is 0 Å². The molecule has 0 aromatic heterocycles. The summed E-state index contributed by atoms with van der Waals surface area (Å²) in [5.74, 6) is 0. The minimum absolute atomic E-state index is 0.623. The van der Waals surface area contributed by atoms with Crippen LogP contribution in [-0.2, 0) is 0 Å². The molecule has 16 heavy (non-hydrogen) atoms. The highest BCUT2D eigenvalue weighted by Gasteiger charge is 2.24. The highest BCUT2D eigenvalue weighted by Crippen LogP contribution is 2.19. The van der Waals surface area contributed by atoms with Crippen molar-refractivity contribution in [1.82, 2.24) is 4.90 Å². The Morgan fingerprint density at radius 2 is 2.12 bits per heavy atom. The topological polar surface area (TPSA) is 15.3 Å². The van der Waals surface area contributed by atoms with Crippen LogP contribution in [0.3, 0.4) is 0 Å². The summed E-state index contributed by atoms with van der Waals surface area (Å²) in [5.41, 5.74) is 1.22. The van der Waals surface area contributed by atoms with E-state index in [1.807, 2.05) is 0 Å². The Morgan fingerprint density at radius 1 is 1.38 bits per heavy atom. The van der Waals surface area contributed by atoms with Gasteiger partial charge in [0.2, 0.25) is 0 Å². The monoisotopic (exact) mass is 218 g/mol. The third-order valence-electron chi connectivity index (χ3n) is 3.55. The third kappa shape index (κ3) is 2.76. The molecule has 0 aliphatic carbocycles. The summed E-state index contributed by atoms with van der Waals surface area (Å²) in [6.45, 7) is 6.96. The van der Waals surface area contributed by atoms with E-state index in [2.05, 4.69) is 54.4 Å². The van der Waals surface area contributed by atoms with Crippen LogP contribution in [0.2, 0.25) is 0 Å². The number of hydrogen-bond donors (Lipinski definition) is 1. The normalized spacial score (nSPS) is 23.2. The first kappa shape index (κ1) is 11.5. The molecule has 2 rings (SSSR count). The van der Waals surface area contributed by atoms with Crippen LogP contribution in [0.25, 0.3) is 0 Å². The van der Waals surface area contributed by atoms with Gasteiger partial charge in [0.15, 0.2) is 0 Å². The fourth-order valence-corrected chi connectivity index (χ4v) is 2.55. The van der Waals surface area contributed by atoms with E-state index in [0.717, 1.165) is 12.6 Å². The Bertz CT molecular complexity index is 310. The number of anilines is 1. The lowest BCUT2D eigenvalue weighted by Crippen LogP contribution is -2.39. The molecule has 2 heteroatoms. The van der Waals surface area contributed by atoms with Gasteiger partial charge in [-0.3, -0.25) is 4.90 Å². The van der Waals surface area contributed by atoms with Crippen molar-refractivity contribution in [3.8, 4) is 0 Å². The van der Waals surface area contributed by atoms with Crippen LogP contribution in [0.15, 0.2) is 30.3 Å². The molecule has 1 aliphatic rings. The lowest BCUT2D eigenvalue weighted by molar-refractivity contribution is 0.211. The molecular weight excluding hydrogens is 196 g/mol. The smallest absolute Gasteiger partial charge is 0.0340 e. The number of benzene rings is 1. The standard InChI is InChI=1S/C14H22N2/c1-12-7-6-10-16(12)13(2)11-15-14-8-4-3-5-9-14/h3-5,8-9,12-13,15H,6-7,10-11H2,1-2H3. The molecule has 1 aliphatic heterocycles. The van der Waals surface area contributed by atoms with Gasteiger partial charge in [-0.1, -0.05) is 18.2 Å². The molecule has 0 spiro atoms. The molecular formula is C14H22N2. The number of hydrogen-bond acceptors (Lipinski definition) is 2. The molecule has 0 saturated carbocycles. The van der Waals surface area contributed by atoms with Crippen molar-refractivity contribution in [2.45, 2.75) is 38.8 Å². The van der Waals surface area contributed by atoms with E-state index < -0.39 is 0 Å². The van der Waals surface area contributed by atoms with Crippen LogP contribution < -0.4 is 5.32 Å². The second-order valence-electron chi connectivity index (χ2n) is 4.83. The molecule has 0 bridgehead atoms. The first-order chi connectivity index (χ1) is 7.77. The Balaban J connectivity index is 1.81. The Kier molecular flexibility index (Phi) is 3.83. The van der Waals surface area contributed by atoms with Crippen molar-refractivity contribution in [1.29, 1.82) is 0 Å². The van der Waals surface area contributed by atoms with E-state index in [1.54, 1.807) is 0 Å². The second kappa shape index (κ2) is 5.35. The zero-order valence-electron chi connectivity index (χ0n) is 10.3. The van der Waals surface area contributed by atoms with Gasteiger partial charge in [0.05, 0.1) is 0 Å². The van der Waals surface area contributed by atoms with Gasteiger partial charge < -0.3 is 5.32 Å². The van der Waals surface area contributed by atoms with Gasteiger partial charge in [-0.15, -0.1) is 0 Å². The number of rotatable bonds is 4. The summed E-state index contributed by atoms with van der Waals surface area (Å²) < 4.78 is 0. The van der Waals surface area contributed by atoms with Crippen LogP contribution in [0.4, 0.5) is 5.69 Å². The quantitative estimate of drug-likeness (QED) is 0.836. The zero-order chi connectivity index (χ0) is 11.4. The van der Waals surface area contributed by atoms with Gasteiger partial charge in [-0.25, -0.2) is 0 Å². The number of para-hydroxylation sites is 1. The molecule has 2 atom stereocenters. The highest BCUT2D eigenvalue weighted by molar-refractivity contribution is 5.42. The molecule has 0 amide bonds. The van der Waals surface area contributed by atoms with Crippen molar-refractivity contribution in [3.63, 3.8) is 0 Å². The first-order valence-electron chi connectivity index (χ1n) is 6.32. The molecule has 0 radical (unpaired) electrons. The maximum atomic E-state index is 3.50. The minimum atomic E-state index is 0.623. The molecule has 1 fully saturated rings. The minimum Gasteiger partial charge on any atom is -0.383 e. The predicted molar refractivity (Wildman–Crippen MR) is 69.8 cm³/mol. The van der Waals surface area contributed by atoms with Crippen molar-refractivity contribution >= 4 is 5.69 Å². The largest absolute Gasteiger partial charge is 0.383 e. The Labute approximate surface area is 98.7 Å². The molecule has 1 saturated heterocycles. The first-order valence-corrected chi connectivity index (χ1v) is 6.32. The van der Waals surface area contributed by atoms with E-state index in [4.69, 9.17) is 0 Å². The van der Waals surface area contributed by atoms with Gasteiger partial charge in [-0.2, -0.15) is 0 Å². The van der Waals surface area contributed by atoms with Crippen LogP contribution in [0.5, 0.6) is 0 Å². The van der Waals surface area contributed by atoms with Crippen molar-refractivity contribution < 1.29 is 0 Å². The SMILES string of the molecule is CC1CCCN1C(C)CNc1ccccc1. The fraction of sp³-hybridized carbons (Fsp3) is 0.571. The van der Waals surface area contributed by atoms with Gasteiger partial charge in [0.25, 0.3) is 0 Å². The van der Waals surface area contributed by atoms with E-state index in [9.17, 15) is 0 Å². The van der Waals surface area contributed by atoms with Crippen molar-refractivity contribution in [3.05, 3.63) is 30.3 Å². The average molecular weight is 218 g/mol. The number of nitrogens with one attached hydrogen (secondary N) is 1. The van der Waals surface area contributed by atoms with Crippen LogP contribution in [-0.4, -0.2) is 30.1 Å². The highest BCUT2D eigenvalue weighted by atomic mass is 15.2. The van der Waals surface area contributed by atoms with E-state index in [0.29, 0.717) is 6.04 Å². The van der Waals surface area contributed by atoms with E-state index >= 15 is 0 Å². The fourth-order valence-electron chi connectivity index (χ4n) is 2.55. The van der Waals surface area contributed by atoms with Crippen LogP contribution in [0, 0.1) is 0 Å².